The lowest BCUT2D eigenvalue weighted by Gasteiger charge is -2.30. The highest BCUT2D eigenvalue weighted by molar-refractivity contribution is 5.42. The third kappa shape index (κ3) is 3.26. The van der Waals surface area contributed by atoms with E-state index in [1.165, 1.54) is 11.1 Å². The lowest BCUT2D eigenvalue weighted by Crippen LogP contribution is -2.32. The van der Waals surface area contributed by atoms with E-state index < -0.39 is 0 Å². The lowest BCUT2D eigenvalue weighted by atomic mass is 9.96. The Morgan fingerprint density at radius 3 is 2.58 bits per heavy atom. The van der Waals surface area contributed by atoms with Crippen molar-refractivity contribution in [3.05, 3.63) is 59.7 Å². The summed E-state index contributed by atoms with van der Waals surface area (Å²) < 4.78 is 11.1. The average molecular weight is 323 g/mol. The second-order valence-electron chi connectivity index (χ2n) is 6.46. The second-order valence-corrected chi connectivity index (χ2v) is 6.46. The SMILES string of the molecule is Cc1ccc(CN2CCC(c3nnc(-c4ccco4)o3)CC2)cc1. The smallest absolute Gasteiger partial charge is 0.283 e. The first-order valence-electron chi connectivity index (χ1n) is 8.43. The molecule has 4 rings (SSSR count). The van der Waals surface area contributed by atoms with Crippen LogP contribution in [0, 0.1) is 6.92 Å². The van der Waals surface area contributed by atoms with Crippen LogP contribution in [0.2, 0.25) is 0 Å². The van der Waals surface area contributed by atoms with E-state index >= 15 is 0 Å². The molecule has 0 saturated carbocycles. The molecular weight excluding hydrogens is 302 g/mol. The van der Waals surface area contributed by atoms with E-state index in [2.05, 4.69) is 46.3 Å². The molecule has 1 fully saturated rings. The van der Waals surface area contributed by atoms with Crippen molar-refractivity contribution >= 4 is 0 Å². The zero-order chi connectivity index (χ0) is 16.4. The maximum atomic E-state index is 5.80. The number of rotatable bonds is 4. The van der Waals surface area contributed by atoms with Crippen LogP contribution in [-0.4, -0.2) is 28.2 Å². The Bertz CT molecular complexity index is 769. The molecule has 0 amide bonds. The van der Waals surface area contributed by atoms with Gasteiger partial charge in [0.1, 0.15) is 0 Å². The minimum Gasteiger partial charge on any atom is -0.459 e. The standard InChI is InChI=1S/C19H21N3O2/c1-14-4-6-15(7-5-14)13-22-10-8-16(9-11-22)18-20-21-19(24-18)17-3-2-12-23-17/h2-7,12,16H,8-11,13H2,1H3. The fourth-order valence-electron chi connectivity index (χ4n) is 3.19. The van der Waals surface area contributed by atoms with E-state index in [-0.39, 0.29) is 0 Å². The molecule has 1 saturated heterocycles. The molecule has 124 valence electrons. The summed E-state index contributed by atoms with van der Waals surface area (Å²) >= 11 is 0. The number of likely N-dealkylation sites (tertiary alicyclic amines) is 1. The Morgan fingerprint density at radius 2 is 1.88 bits per heavy atom. The number of hydrogen-bond donors (Lipinski definition) is 0. The Labute approximate surface area is 141 Å². The first-order valence-corrected chi connectivity index (χ1v) is 8.43. The minimum absolute atomic E-state index is 0.343. The highest BCUT2D eigenvalue weighted by Gasteiger charge is 2.25. The lowest BCUT2D eigenvalue weighted by molar-refractivity contribution is 0.193. The molecule has 0 atom stereocenters. The van der Waals surface area contributed by atoms with Gasteiger partial charge in [-0.2, -0.15) is 0 Å². The van der Waals surface area contributed by atoms with Crippen LogP contribution in [-0.2, 0) is 6.54 Å². The molecule has 0 bridgehead atoms. The largest absolute Gasteiger partial charge is 0.459 e. The number of furan rings is 1. The summed E-state index contributed by atoms with van der Waals surface area (Å²) in [4.78, 5) is 2.49. The van der Waals surface area contributed by atoms with Gasteiger partial charge in [-0.3, -0.25) is 4.90 Å². The van der Waals surface area contributed by atoms with E-state index in [9.17, 15) is 0 Å². The number of hydrogen-bond acceptors (Lipinski definition) is 5. The second kappa shape index (κ2) is 6.61. The van der Waals surface area contributed by atoms with Crippen LogP contribution in [0.25, 0.3) is 11.7 Å². The van der Waals surface area contributed by atoms with Gasteiger partial charge in [-0.15, -0.1) is 10.2 Å². The Balaban J connectivity index is 1.35. The van der Waals surface area contributed by atoms with Crippen LogP contribution in [0.4, 0.5) is 0 Å². The molecule has 5 nitrogen and oxygen atoms in total. The van der Waals surface area contributed by atoms with E-state index in [0.29, 0.717) is 17.6 Å². The van der Waals surface area contributed by atoms with Crippen molar-refractivity contribution in [2.75, 3.05) is 13.1 Å². The topological polar surface area (TPSA) is 55.3 Å². The summed E-state index contributed by atoms with van der Waals surface area (Å²) in [5, 5.41) is 8.32. The third-order valence-electron chi connectivity index (χ3n) is 4.64. The van der Waals surface area contributed by atoms with Gasteiger partial charge >= 0.3 is 0 Å². The quantitative estimate of drug-likeness (QED) is 0.726. The van der Waals surface area contributed by atoms with Gasteiger partial charge < -0.3 is 8.83 Å². The fraction of sp³-hybridized carbons (Fsp3) is 0.368. The molecule has 5 heteroatoms. The summed E-state index contributed by atoms with van der Waals surface area (Å²) in [5.74, 6) is 2.18. The molecule has 1 aliphatic rings. The number of aryl methyl sites for hydroxylation is 1. The van der Waals surface area contributed by atoms with Crippen LogP contribution in [0.15, 0.2) is 51.5 Å². The molecule has 1 aliphatic heterocycles. The molecule has 3 heterocycles. The van der Waals surface area contributed by atoms with E-state index in [4.69, 9.17) is 8.83 Å². The molecule has 0 spiro atoms. The molecule has 0 unspecified atom stereocenters. The number of piperidine rings is 1. The zero-order valence-corrected chi connectivity index (χ0v) is 13.8. The maximum absolute atomic E-state index is 5.80. The van der Waals surface area contributed by atoms with Crippen molar-refractivity contribution in [1.82, 2.24) is 15.1 Å². The van der Waals surface area contributed by atoms with Crippen LogP contribution >= 0.6 is 0 Å². The highest BCUT2D eigenvalue weighted by atomic mass is 16.4. The molecule has 2 aromatic heterocycles. The third-order valence-corrected chi connectivity index (χ3v) is 4.64. The predicted octanol–water partition coefficient (Wildman–Crippen LogP) is 4.02. The normalized spacial score (nSPS) is 16.5. The fourth-order valence-corrected chi connectivity index (χ4v) is 3.19. The summed E-state index contributed by atoms with van der Waals surface area (Å²) in [6, 6.07) is 12.4. The van der Waals surface area contributed by atoms with Gasteiger partial charge in [0.15, 0.2) is 5.76 Å². The number of aromatic nitrogens is 2. The van der Waals surface area contributed by atoms with Gasteiger partial charge in [-0.05, 0) is 50.6 Å². The van der Waals surface area contributed by atoms with Crippen molar-refractivity contribution in [3.63, 3.8) is 0 Å². The summed E-state index contributed by atoms with van der Waals surface area (Å²) in [6.07, 6.45) is 3.71. The summed E-state index contributed by atoms with van der Waals surface area (Å²) in [7, 11) is 0. The van der Waals surface area contributed by atoms with Crippen molar-refractivity contribution < 1.29 is 8.83 Å². The molecule has 0 aliphatic carbocycles. The van der Waals surface area contributed by atoms with E-state index in [0.717, 1.165) is 38.4 Å². The van der Waals surface area contributed by atoms with Crippen LogP contribution in [0.1, 0.15) is 35.8 Å². The number of nitrogens with zero attached hydrogens (tertiary/aromatic N) is 3. The van der Waals surface area contributed by atoms with Gasteiger partial charge in [0, 0.05) is 12.5 Å². The Morgan fingerprint density at radius 1 is 1.08 bits per heavy atom. The monoisotopic (exact) mass is 323 g/mol. The number of benzene rings is 1. The van der Waals surface area contributed by atoms with E-state index in [1.54, 1.807) is 6.26 Å². The molecular formula is C19H21N3O2. The minimum atomic E-state index is 0.343. The summed E-state index contributed by atoms with van der Waals surface area (Å²) in [5.41, 5.74) is 2.68. The highest BCUT2D eigenvalue weighted by Crippen LogP contribution is 2.29. The Hall–Kier alpha value is -2.40. The van der Waals surface area contributed by atoms with Crippen molar-refractivity contribution in [2.45, 2.75) is 32.2 Å². The molecule has 24 heavy (non-hydrogen) atoms. The van der Waals surface area contributed by atoms with Crippen molar-refractivity contribution in [3.8, 4) is 11.7 Å². The van der Waals surface area contributed by atoms with Crippen LogP contribution < -0.4 is 0 Å². The summed E-state index contributed by atoms with van der Waals surface area (Å²) in [6.45, 7) is 5.24. The van der Waals surface area contributed by atoms with Gasteiger partial charge in [-0.25, -0.2) is 0 Å². The Kier molecular flexibility index (Phi) is 4.17. The molecule has 1 aromatic carbocycles. The first-order chi connectivity index (χ1) is 11.8. The zero-order valence-electron chi connectivity index (χ0n) is 13.8. The molecule has 0 N–H and O–H groups in total. The first kappa shape index (κ1) is 15.1. The van der Waals surface area contributed by atoms with Gasteiger partial charge in [-0.1, -0.05) is 29.8 Å². The van der Waals surface area contributed by atoms with Crippen LogP contribution in [0.3, 0.4) is 0 Å². The van der Waals surface area contributed by atoms with Crippen molar-refractivity contribution in [2.24, 2.45) is 0 Å². The average Bonchev–Trinajstić information content (AvgIpc) is 3.29. The molecule has 0 radical (unpaired) electrons. The predicted molar refractivity (Wildman–Crippen MR) is 90.4 cm³/mol. The van der Waals surface area contributed by atoms with Crippen LogP contribution in [0.5, 0.6) is 0 Å². The van der Waals surface area contributed by atoms with Crippen molar-refractivity contribution in [1.29, 1.82) is 0 Å². The molecule has 3 aromatic rings. The van der Waals surface area contributed by atoms with Gasteiger partial charge in [0.05, 0.1) is 6.26 Å². The van der Waals surface area contributed by atoms with Gasteiger partial charge in [0.2, 0.25) is 5.89 Å². The van der Waals surface area contributed by atoms with E-state index in [1.807, 2.05) is 12.1 Å². The maximum Gasteiger partial charge on any atom is 0.283 e. The van der Waals surface area contributed by atoms with Gasteiger partial charge in [0.25, 0.3) is 5.89 Å².